The van der Waals surface area contributed by atoms with Crippen molar-refractivity contribution in [2.24, 2.45) is 5.41 Å². The molecule has 1 saturated carbocycles. The van der Waals surface area contributed by atoms with E-state index in [0.717, 1.165) is 45.7 Å². The van der Waals surface area contributed by atoms with Gasteiger partial charge in [-0.2, -0.15) is 0 Å². The minimum Gasteiger partial charge on any atom is -0.508 e. The smallest absolute Gasteiger partial charge is 0.327 e. The van der Waals surface area contributed by atoms with E-state index in [1.807, 2.05) is 91.0 Å². The van der Waals surface area contributed by atoms with Gasteiger partial charge in [0, 0.05) is 54.1 Å². The normalized spacial score (nSPS) is 18.0. The van der Waals surface area contributed by atoms with E-state index in [4.69, 9.17) is 0 Å². The van der Waals surface area contributed by atoms with Gasteiger partial charge >= 0.3 is 5.97 Å². The highest BCUT2D eigenvalue weighted by atomic mass is 32.2. The average molecular weight is 922 g/mol. The number of phenols is 1. The Labute approximate surface area is 387 Å². The third-order valence-electron chi connectivity index (χ3n) is 12.2. The maximum absolute atomic E-state index is 14.6. The second kappa shape index (κ2) is 23.3. The number of carbonyl (C=O) groups is 6. The van der Waals surface area contributed by atoms with E-state index >= 15 is 0 Å². The molecule has 2 fully saturated rings. The van der Waals surface area contributed by atoms with Crippen LogP contribution in [0.3, 0.4) is 0 Å². The number of carboxylic acid groups (broad SMARTS) is 1. The number of benzene rings is 4. The zero-order valence-corrected chi connectivity index (χ0v) is 38.5. The molecule has 1 aliphatic carbocycles. The standard InChI is InChI=1S/C50H59N5O8S2/c1-34(56)52-33-64-31-42(53-47(60)44-41(25-30-55(44)35(2)57)36-21-23-39(58)24-22-36)46(59)51-29-28-50(26-13-6-14-27-50)49(63)54-43(48(61)62)32-65(40-19-11-5-12-20-40)45(37-15-7-3-8-16-37)38-17-9-4-10-18-38/h3-5,7-12,15-24,41-44,58H,6,13-14,25-33H2,1-2H3,(H,51,59)(H,52,56)(H,53,60)(H,54,63)(H,61,62)/t41?,42-,43-,44-,65?/m0/s1. The lowest BCUT2D eigenvalue weighted by atomic mass is 9.71. The SMILES string of the molecule is CC(=O)NCSC[C@H](NC(=O)[C@@H]1C(c2ccc(O)cc2)CCN1C(C)=O)C(=O)NCCC1(C(=O)N[C@@H](CS(=C(c2ccccc2)c2ccccc2)c2ccccc2)C(=O)O)CCCCC1. The molecule has 65 heavy (non-hydrogen) atoms. The first-order chi connectivity index (χ1) is 31.4. The molecule has 6 rings (SSSR count). The summed E-state index contributed by atoms with van der Waals surface area (Å²) in [5.41, 5.74) is 1.75. The van der Waals surface area contributed by atoms with Gasteiger partial charge in [-0.05, 0) is 66.6 Å². The number of hydrogen-bond donors (Lipinski definition) is 6. The van der Waals surface area contributed by atoms with Crippen LogP contribution in [0.25, 0.3) is 0 Å². The number of hydrogen-bond acceptors (Lipinski definition) is 8. The maximum atomic E-state index is 14.6. The maximum Gasteiger partial charge on any atom is 0.327 e. The summed E-state index contributed by atoms with van der Waals surface area (Å²) in [7, 11) is -0.789. The minimum absolute atomic E-state index is 0.0743. The molecule has 0 bridgehead atoms. The molecule has 2 aliphatic rings. The molecule has 15 heteroatoms. The van der Waals surface area contributed by atoms with Gasteiger partial charge in [0.15, 0.2) is 0 Å². The summed E-state index contributed by atoms with van der Waals surface area (Å²) >= 11 is 1.25. The van der Waals surface area contributed by atoms with Gasteiger partial charge in [0.2, 0.25) is 29.5 Å². The second-order valence-electron chi connectivity index (χ2n) is 16.6. The Morgan fingerprint density at radius 3 is 1.94 bits per heavy atom. The molecule has 1 aliphatic heterocycles. The van der Waals surface area contributed by atoms with Crippen LogP contribution in [-0.4, -0.2) is 104 Å². The van der Waals surface area contributed by atoms with Gasteiger partial charge in [0.05, 0.1) is 11.3 Å². The van der Waals surface area contributed by atoms with E-state index in [1.165, 1.54) is 42.6 Å². The number of amides is 5. The molecule has 6 N–H and O–H groups in total. The van der Waals surface area contributed by atoms with Crippen LogP contribution in [0.5, 0.6) is 5.75 Å². The van der Waals surface area contributed by atoms with E-state index in [1.54, 1.807) is 12.1 Å². The Bertz CT molecular complexity index is 2270. The largest absolute Gasteiger partial charge is 0.508 e. The Morgan fingerprint density at radius 1 is 0.769 bits per heavy atom. The second-order valence-corrected chi connectivity index (χ2v) is 19.7. The molecule has 1 heterocycles. The first kappa shape index (κ1) is 48.5. The lowest BCUT2D eigenvalue weighted by Crippen LogP contribution is -2.55. The Balaban J connectivity index is 1.21. The van der Waals surface area contributed by atoms with Crippen molar-refractivity contribution in [1.29, 1.82) is 0 Å². The summed E-state index contributed by atoms with van der Waals surface area (Å²) in [6.07, 6.45) is 4.25. The number of nitrogens with zero attached hydrogens (tertiary/aromatic N) is 1. The number of carboxylic acids is 1. The molecule has 5 atom stereocenters. The monoisotopic (exact) mass is 921 g/mol. The fourth-order valence-corrected chi connectivity index (χ4v) is 12.2. The van der Waals surface area contributed by atoms with Crippen LogP contribution in [0, 0.1) is 5.41 Å². The first-order valence-corrected chi connectivity index (χ1v) is 24.7. The molecule has 344 valence electrons. The van der Waals surface area contributed by atoms with Crippen LogP contribution in [0.4, 0.5) is 0 Å². The number of carbonyl (C=O) groups excluding carboxylic acids is 5. The number of thioether (sulfide) groups is 1. The van der Waals surface area contributed by atoms with Crippen molar-refractivity contribution >= 4 is 62.6 Å². The van der Waals surface area contributed by atoms with Gasteiger partial charge < -0.3 is 36.4 Å². The molecule has 0 aromatic heterocycles. The number of rotatable bonds is 19. The third-order valence-corrected chi connectivity index (χ3v) is 15.6. The molecule has 13 nitrogen and oxygen atoms in total. The third kappa shape index (κ3) is 12.9. The molecule has 0 radical (unpaired) electrons. The van der Waals surface area contributed by atoms with Crippen LogP contribution in [-0.2, 0) is 28.8 Å². The van der Waals surface area contributed by atoms with Gasteiger partial charge in [-0.25, -0.2) is 4.79 Å². The predicted molar refractivity (Wildman–Crippen MR) is 256 cm³/mol. The van der Waals surface area contributed by atoms with Crippen LogP contribution < -0.4 is 21.3 Å². The van der Waals surface area contributed by atoms with Crippen molar-refractivity contribution in [2.45, 2.75) is 87.7 Å². The van der Waals surface area contributed by atoms with Crippen LogP contribution >= 0.6 is 22.2 Å². The van der Waals surface area contributed by atoms with E-state index in [2.05, 4.69) is 21.3 Å². The Morgan fingerprint density at radius 2 is 1.37 bits per heavy atom. The van der Waals surface area contributed by atoms with Gasteiger partial charge in [0.1, 0.15) is 23.9 Å². The predicted octanol–water partition coefficient (Wildman–Crippen LogP) is 6.03. The number of aliphatic carboxylic acids is 1. The fourth-order valence-electron chi connectivity index (χ4n) is 8.84. The highest BCUT2D eigenvalue weighted by molar-refractivity contribution is 8.16. The van der Waals surface area contributed by atoms with Crippen molar-refractivity contribution in [3.8, 4) is 5.75 Å². The van der Waals surface area contributed by atoms with Crippen molar-refractivity contribution in [3.63, 3.8) is 0 Å². The molecular formula is C50H59N5O8S2. The molecule has 2 unspecified atom stereocenters. The van der Waals surface area contributed by atoms with E-state index in [0.29, 0.717) is 25.8 Å². The van der Waals surface area contributed by atoms with Crippen molar-refractivity contribution in [2.75, 3.05) is 30.5 Å². The number of phenolic OH excluding ortho intramolecular Hbond substituents is 1. The van der Waals surface area contributed by atoms with Gasteiger partial charge in [-0.1, -0.05) is 110 Å². The van der Waals surface area contributed by atoms with Gasteiger partial charge in [-0.15, -0.1) is 22.2 Å². The Hall–Kier alpha value is -5.93. The lowest BCUT2D eigenvalue weighted by Gasteiger charge is -2.37. The molecular weight excluding hydrogens is 863 g/mol. The minimum atomic E-state index is -1.22. The van der Waals surface area contributed by atoms with Crippen molar-refractivity contribution in [3.05, 3.63) is 132 Å². The van der Waals surface area contributed by atoms with E-state index in [9.17, 15) is 39.0 Å². The van der Waals surface area contributed by atoms with Crippen LogP contribution in [0.2, 0.25) is 0 Å². The number of likely N-dealkylation sites (tertiary alicyclic amines) is 1. The first-order valence-electron chi connectivity index (χ1n) is 22.1. The number of aromatic hydroxyl groups is 1. The molecule has 4 aromatic carbocycles. The molecule has 0 spiro atoms. The van der Waals surface area contributed by atoms with Crippen molar-refractivity contribution in [1.82, 2.24) is 26.2 Å². The van der Waals surface area contributed by atoms with Gasteiger partial charge in [0.25, 0.3) is 0 Å². The summed E-state index contributed by atoms with van der Waals surface area (Å²) in [6, 6.07) is 32.9. The molecule has 4 aromatic rings. The van der Waals surface area contributed by atoms with Crippen LogP contribution in [0.1, 0.15) is 81.4 Å². The quantitative estimate of drug-likeness (QED) is 0.0282. The highest BCUT2D eigenvalue weighted by Crippen LogP contribution is 2.41. The molecule has 5 amide bonds. The topological polar surface area (TPSA) is 194 Å². The summed E-state index contributed by atoms with van der Waals surface area (Å²) in [5, 5.41) is 32.2. The van der Waals surface area contributed by atoms with E-state index in [-0.39, 0.29) is 59.7 Å². The summed E-state index contributed by atoms with van der Waals surface area (Å²) in [4.78, 5) is 83.8. The fraction of sp³-hybridized carbons (Fsp3) is 0.380. The zero-order chi connectivity index (χ0) is 46.3. The van der Waals surface area contributed by atoms with Crippen LogP contribution in [0.15, 0.2) is 120 Å². The zero-order valence-electron chi connectivity index (χ0n) is 36.9. The summed E-state index contributed by atoms with van der Waals surface area (Å²) in [5.74, 6) is -2.91. The molecule has 1 saturated heterocycles. The van der Waals surface area contributed by atoms with E-state index < -0.39 is 51.8 Å². The highest BCUT2D eigenvalue weighted by Gasteiger charge is 2.44. The Kier molecular flexibility index (Phi) is 17.4. The summed E-state index contributed by atoms with van der Waals surface area (Å²) in [6.45, 7) is 3.21. The van der Waals surface area contributed by atoms with Gasteiger partial charge in [-0.3, -0.25) is 24.0 Å². The summed E-state index contributed by atoms with van der Waals surface area (Å²) < 4.78 is 0. The van der Waals surface area contributed by atoms with Crippen molar-refractivity contribution < 1.29 is 39.0 Å². The average Bonchev–Trinajstić information content (AvgIpc) is 3.77. The number of nitrogens with one attached hydrogen (secondary N) is 4. The lowest BCUT2D eigenvalue weighted by molar-refractivity contribution is -0.144.